The van der Waals surface area contributed by atoms with E-state index in [4.69, 9.17) is 5.11 Å². The molecule has 1 saturated carbocycles. The minimum Gasteiger partial charge on any atom is -0.389 e. The van der Waals surface area contributed by atoms with E-state index in [-0.39, 0.29) is 17.9 Å². The molecule has 2 rings (SSSR count). The van der Waals surface area contributed by atoms with Crippen molar-refractivity contribution in [2.24, 2.45) is 11.8 Å². The Morgan fingerprint density at radius 1 is 1.55 bits per heavy atom. The molecule has 2 aliphatic rings. The average Bonchev–Trinajstić information content (AvgIpc) is 2.58. The Morgan fingerprint density at radius 3 is 2.45 bits per heavy atom. The van der Waals surface area contributed by atoms with Gasteiger partial charge in [-0.05, 0) is 12.3 Å². The molecule has 0 unspecified atom stereocenters. The summed E-state index contributed by atoms with van der Waals surface area (Å²) in [5, 5.41) is 8.94. The number of hydrogen-bond acceptors (Lipinski definition) is 2. The van der Waals surface area contributed by atoms with Crippen molar-refractivity contribution >= 4 is 5.91 Å². The Morgan fingerprint density at radius 2 is 2.09 bits per heavy atom. The third-order valence-corrected chi connectivity index (χ3v) is 2.60. The van der Waals surface area contributed by atoms with Crippen LogP contribution in [0.5, 0.6) is 0 Å². The second kappa shape index (κ2) is 2.21. The molecule has 1 heterocycles. The summed E-state index contributed by atoms with van der Waals surface area (Å²) in [6.45, 7) is 3.21. The highest BCUT2D eigenvalue weighted by atomic mass is 16.3. The molecule has 0 aromatic carbocycles. The SMILES string of the molecule is C[C@H]1C[C@@H]1C(=O)N1CC(O)C1. The first kappa shape index (κ1) is 7.10. The van der Waals surface area contributed by atoms with Crippen LogP contribution >= 0.6 is 0 Å². The van der Waals surface area contributed by atoms with Crippen LogP contribution in [0.15, 0.2) is 0 Å². The minimum absolute atomic E-state index is 0.253. The fraction of sp³-hybridized carbons (Fsp3) is 0.875. The summed E-state index contributed by atoms with van der Waals surface area (Å²) >= 11 is 0. The van der Waals surface area contributed by atoms with E-state index in [1.54, 1.807) is 4.90 Å². The highest BCUT2D eigenvalue weighted by molar-refractivity contribution is 5.82. The van der Waals surface area contributed by atoms with Gasteiger partial charge < -0.3 is 10.0 Å². The van der Waals surface area contributed by atoms with Gasteiger partial charge in [0.2, 0.25) is 5.91 Å². The number of β-amino-alcohol motifs (C(OH)–C–C–N with tert-alkyl or cyclic N) is 1. The summed E-state index contributed by atoms with van der Waals surface area (Å²) in [6.07, 6.45) is 0.791. The van der Waals surface area contributed by atoms with Crippen molar-refractivity contribution in [3.63, 3.8) is 0 Å². The molecule has 0 aromatic heterocycles. The van der Waals surface area contributed by atoms with Crippen LogP contribution in [-0.2, 0) is 4.79 Å². The molecule has 2 atom stereocenters. The standard InChI is InChI=1S/C8H13NO2/c1-5-2-7(5)8(11)9-3-6(10)4-9/h5-7,10H,2-4H2,1H3/t5-,7-/m0/s1. The van der Waals surface area contributed by atoms with Crippen molar-refractivity contribution in [3.05, 3.63) is 0 Å². The van der Waals surface area contributed by atoms with Crippen molar-refractivity contribution in [2.45, 2.75) is 19.4 Å². The molecule has 1 amide bonds. The molecule has 2 fully saturated rings. The number of aliphatic hydroxyl groups excluding tert-OH is 1. The molecule has 0 radical (unpaired) electrons. The molecule has 62 valence electrons. The van der Waals surface area contributed by atoms with E-state index in [0.717, 1.165) is 6.42 Å². The molecule has 0 spiro atoms. The number of likely N-dealkylation sites (tertiary alicyclic amines) is 1. The number of aliphatic hydroxyl groups is 1. The van der Waals surface area contributed by atoms with E-state index in [9.17, 15) is 4.79 Å². The van der Waals surface area contributed by atoms with Gasteiger partial charge in [0.1, 0.15) is 0 Å². The van der Waals surface area contributed by atoms with Crippen LogP contribution in [0.25, 0.3) is 0 Å². The third kappa shape index (κ3) is 1.13. The summed E-state index contributed by atoms with van der Waals surface area (Å²) < 4.78 is 0. The fourth-order valence-electron chi connectivity index (χ4n) is 1.54. The molecule has 0 aromatic rings. The van der Waals surface area contributed by atoms with E-state index in [2.05, 4.69) is 6.92 Å². The van der Waals surface area contributed by atoms with Gasteiger partial charge in [0.25, 0.3) is 0 Å². The van der Waals surface area contributed by atoms with Gasteiger partial charge in [0, 0.05) is 19.0 Å². The van der Waals surface area contributed by atoms with Crippen LogP contribution in [0.2, 0.25) is 0 Å². The summed E-state index contributed by atoms with van der Waals surface area (Å²) in [6, 6.07) is 0. The maximum Gasteiger partial charge on any atom is 0.226 e. The minimum atomic E-state index is -0.256. The van der Waals surface area contributed by atoms with Gasteiger partial charge in [-0.1, -0.05) is 6.92 Å². The normalized spacial score (nSPS) is 36.7. The van der Waals surface area contributed by atoms with Gasteiger partial charge in [-0.3, -0.25) is 4.79 Å². The predicted octanol–water partition coefficient (Wildman–Crippen LogP) is -0.155. The lowest BCUT2D eigenvalue weighted by Crippen LogP contribution is -2.54. The Bertz CT molecular complexity index is 187. The maximum absolute atomic E-state index is 11.4. The lowest BCUT2D eigenvalue weighted by molar-refractivity contribution is -0.142. The molecule has 1 aliphatic carbocycles. The lowest BCUT2D eigenvalue weighted by Gasteiger charge is -2.36. The van der Waals surface area contributed by atoms with Crippen LogP contribution in [0.3, 0.4) is 0 Å². The average molecular weight is 155 g/mol. The Hall–Kier alpha value is -0.570. The number of rotatable bonds is 1. The molecule has 3 nitrogen and oxygen atoms in total. The monoisotopic (exact) mass is 155 g/mol. The quantitative estimate of drug-likeness (QED) is 0.572. The molecule has 11 heavy (non-hydrogen) atoms. The van der Waals surface area contributed by atoms with E-state index in [0.29, 0.717) is 19.0 Å². The van der Waals surface area contributed by atoms with Gasteiger partial charge in [-0.25, -0.2) is 0 Å². The summed E-state index contributed by atoms with van der Waals surface area (Å²) in [7, 11) is 0. The van der Waals surface area contributed by atoms with Crippen molar-refractivity contribution in [1.29, 1.82) is 0 Å². The number of nitrogens with zero attached hydrogens (tertiary/aromatic N) is 1. The molecule has 3 heteroatoms. The fourth-order valence-corrected chi connectivity index (χ4v) is 1.54. The van der Waals surface area contributed by atoms with E-state index < -0.39 is 0 Å². The van der Waals surface area contributed by atoms with Crippen LogP contribution in [0.4, 0.5) is 0 Å². The summed E-state index contributed by atoms with van der Waals surface area (Å²) in [4.78, 5) is 13.1. The van der Waals surface area contributed by atoms with Gasteiger partial charge in [0.05, 0.1) is 6.10 Å². The van der Waals surface area contributed by atoms with Crippen LogP contribution in [0, 0.1) is 11.8 Å². The third-order valence-electron chi connectivity index (χ3n) is 2.60. The topological polar surface area (TPSA) is 40.5 Å². The summed E-state index contributed by atoms with van der Waals surface area (Å²) in [5.41, 5.74) is 0. The highest BCUT2D eigenvalue weighted by Crippen LogP contribution is 2.39. The second-order valence-corrected chi connectivity index (χ2v) is 3.72. The van der Waals surface area contributed by atoms with Crippen molar-refractivity contribution in [1.82, 2.24) is 4.90 Å². The lowest BCUT2D eigenvalue weighted by atomic mass is 10.1. The maximum atomic E-state index is 11.4. The number of carbonyl (C=O) groups is 1. The van der Waals surface area contributed by atoms with E-state index >= 15 is 0 Å². The smallest absolute Gasteiger partial charge is 0.226 e. The number of amides is 1. The first-order chi connectivity index (χ1) is 5.18. The molecule has 1 saturated heterocycles. The molecular formula is C8H13NO2. The molecular weight excluding hydrogens is 142 g/mol. The molecule has 1 N–H and O–H groups in total. The highest BCUT2D eigenvalue weighted by Gasteiger charge is 2.44. The molecule has 0 bridgehead atoms. The van der Waals surface area contributed by atoms with Gasteiger partial charge in [-0.15, -0.1) is 0 Å². The number of carbonyl (C=O) groups excluding carboxylic acids is 1. The second-order valence-electron chi connectivity index (χ2n) is 3.72. The van der Waals surface area contributed by atoms with Gasteiger partial charge >= 0.3 is 0 Å². The van der Waals surface area contributed by atoms with Gasteiger partial charge in [-0.2, -0.15) is 0 Å². The Labute approximate surface area is 66.0 Å². The van der Waals surface area contributed by atoms with Crippen molar-refractivity contribution in [2.75, 3.05) is 13.1 Å². The predicted molar refractivity (Wildman–Crippen MR) is 39.9 cm³/mol. The Balaban J connectivity index is 1.83. The first-order valence-corrected chi connectivity index (χ1v) is 4.15. The van der Waals surface area contributed by atoms with Crippen LogP contribution in [0.1, 0.15) is 13.3 Å². The van der Waals surface area contributed by atoms with E-state index in [1.165, 1.54) is 0 Å². The summed E-state index contributed by atoms with van der Waals surface area (Å²) in [5.74, 6) is 1.12. The zero-order chi connectivity index (χ0) is 8.01. The van der Waals surface area contributed by atoms with Crippen molar-refractivity contribution in [3.8, 4) is 0 Å². The number of hydrogen-bond donors (Lipinski definition) is 1. The van der Waals surface area contributed by atoms with Gasteiger partial charge in [0.15, 0.2) is 0 Å². The largest absolute Gasteiger partial charge is 0.389 e. The van der Waals surface area contributed by atoms with Crippen LogP contribution in [-0.4, -0.2) is 35.1 Å². The Kier molecular flexibility index (Phi) is 1.42. The zero-order valence-electron chi connectivity index (χ0n) is 6.66. The van der Waals surface area contributed by atoms with E-state index in [1.807, 2.05) is 0 Å². The van der Waals surface area contributed by atoms with Crippen LogP contribution < -0.4 is 0 Å². The zero-order valence-corrected chi connectivity index (χ0v) is 6.66. The van der Waals surface area contributed by atoms with Crippen molar-refractivity contribution < 1.29 is 9.90 Å². The first-order valence-electron chi connectivity index (χ1n) is 4.15. The molecule has 1 aliphatic heterocycles.